The molecule has 2 aromatic rings. The van der Waals surface area contributed by atoms with Gasteiger partial charge in [0.15, 0.2) is 0 Å². The number of benzene rings is 1. The molecule has 2 heterocycles. The zero-order chi connectivity index (χ0) is 14.5. The van der Waals surface area contributed by atoms with E-state index in [0.717, 1.165) is 25.3 Å². The highest BCUT2D eigenvalue weighted by Gasteiger charge is 2.35. The van der Waals surface area contributed by atoms with Gasteiger partial charge in [-0.1, -0.05) is 30.3 Å². The molecule has 1 fully saturated rings. The van der Waals surface area contributed by atoms with Gasteiger partial charge in [0.2, 0.25) is 0 Å². The van der Waals surface area contributed by atoms with Crippen LogP contribution in [0.3, 0.4) is 0 Å². The Morgan fingerprint density at radius 3 is 2.71 bits per heavy atom. The highest BCUT2D eigenvalue weighted by Crippen LogP contribution is 2.26. The highest BCUT2D eigenvalue weighted by atomic mass is 16.5. The lowest BCUT2D eigenvalue weighted by Gasteiger charge is -2.28. The van der Waals surface area contributed by atoms with Gasteiger partial charge in [-0.05, 0) is 17.7 Å². The zero-order valence-electron chi connectivity index (χ0n) is 12.2. The minimum atomic E-state index is -0.236. The first-order valence-electron chi connectivity index (χ1n) is 7.28. The molecule has 1 aliphatic rings. The van der Waals surface area contributed by atoms with Crippen LogP contribution in [0.5, 0.6) is 0 Å². The Hall–Kier alpha value is -1.62. The maximum absolute atomic E-state index is 5.68. The van der Waals surface area contributed by atoms with Crippen molar-refractivity contribution in [1.29, 1.82) is 0 Å². The van der Waals surface area contributed by atoms with Crippen LogP contribution in [0.4, 0.5) is 0 Å². The van der Waals surface area contributed by atoms with E-state index in [4.69, 9.17) is 13.9 Å². The van der Waals surface area contributed by atoms with Crippen LogP contribution in [0.1, 0.15) is 23.8 Å². The molecule has 21 heavy (non-hydrogen) atoms. The highest BCUT2D eigenvalue weighted by molar-refractivity contribution is 5.26. The van der Waals surface area contributed by atoms with E-state index in [1.807, 2.05) is 30.3 Å². The summed E-state index contributed by atoms with van der Waals surface area (Å²) in [6.07, 6.45) is 2.62. The lowest BCUT2D eigenvalue weighted by atomic mass is 10.00. The predicted octanol–water partition coefficient (Wildman–Crippen LogP) is 2.76. The van der Waals surface area contributed by atoms with Gasteiger partial charge in [0.1, 0.15) is 11.4 Å². The van der Waals surface area contributed by atoms with Crippen molar-refractivity contribution in [2.24, 2.45) is 0 Å². The smallest absolute Gasteiger partial charge is 0.125 e. The Kier molecular flexibility index (Phi) is 4.39. The summed E-state index contributed by atoms with van der Waals surface area (Å²) in [7, 11) is 1.75. The molecule has 0 radical (unpaired) electrons. The van der Waals surface area contributed by atoms with Crippen LogP contribution in [0, 0.1) is 0 Å². The van der Waals surface area contributed by atoms with Gasteiger partial charge in [-0.2, -0.15) is 0 Å². The van der Waals surface area contributed by atoms with Crippen LogP contribution in [0.25, 0.3) is 0 Å². The van der Waals surface area contributed by atoms with Gasteiger partial charge >= 0.3 is 0 Å². The molecule has 2 atom stereocenters. The second kappa shape index (κ2) is 6.43. The normalized spacial score (nSPS) is 23.3. The molecule has 0 bridgehead atoms. The molecule has 0 saturated carbocycles. The van der Waals surface area contributed by atoms with E-state index in [9.17, 15) is 0 Å². The number of nitrogens with one attached hydrogen (secondary N) is 1. The molecular formula is C17H21NO3. The third-order valence-corrected chi connectivity index (χ3v) is 4.09. The minimum absolute atomic E-state index is 0.0221. The maximum Gasteiger partial charge on any atom is 0.125 e. The molecule has 3 rings (SSSR count). The van der Waals surface area contributed by atoms with Crippen LogP contribution in [-0.4, -0.2) is 32.5 Å². The molecule has 1 aromatic heterocycles. The summed E-state index contributed by atoms with van der Waals surface area (Å²) in [5.74, 6) is 0.909. The Morgan fingerprint density at radius 1 is 1.24 bits per heavy atom. The molecule has 1 aliphatic heterocycles. The Bertz CT molecular complexity index is 532. The fraction of sp³-hybridized carbons (Fsp3) is 0.412. The van der Waals surface area contributed by atoms with Crippen molar-refractivity contribution in [1.82, 2.24) is 5.32 Å². The van der Waals surface area contributed by atoms with Crippen LogP contribution < -0.4 is 5.32 Å². The first-order valence-corrected chi connectivity index (χ1v) is 7.28. The number of ether oxygens (including phenoxy) is 2. The zero-order valence-corrected chi connectivity index (χ0v) is 12.2. The minimum Gasteiger partial charge on any atom is -0.467 e. The second-order valence-corrected chi connectivity index (χ2v) is 5.43. The summed E-state index contributed by atoms with van der Waals surface area (Å²) in [6, 6.07) is 14.2. The van der Waals surface area contributed by atoms with Crippen molar-refractivity contribution in [2.45, 2.75) is 18.1 Å². The van der Waals surface area contributed by atoms with E-state index >= 15 is 0 Å². The van der Waals surface area contributed by atoms with Gasteiger partial charge in [0, 0.05) is 26.7 Å². The summed E-state index contributed by atoms with van der Waals surface area (Å²) in [4.78, 5) is 0. The monoisotopic (exact) mass is 287 g/mol. The number of methoxy groups -OCH3 is 1. The van der Waals surface area contributed by atoms with Crippen LogP contribution in [0.15, 0.2) is 53.1 Å². The summed E-state index contributed by atoms with van der Waals surface area (Å²) < 4.78 is 16.8. The molecule has 0 aliphatic carbocycles. The van der Waals surface area contributed by atoms with Crippen molar-refractivity contribution < 1.29 is 13.9 Å². The van der Waals surface area contributed by atoms with Crippen molar-refractivity contribution in [3.8, 4) is 0 Å². The molecule has 0 amide bonds. The third kappa shape index (κ3) is 3.18. The molecule has 1 saturated heterocycles. The summed E-state index contributed by atoms with van der Waals surface area (Å²) in [5, 5.41) is 3.57. The summed E-state index contributed by atoms with van der Waals surface area (Å²) in [5.41, 5.74) is 0.942. The Morgan fingerprint density at radius 2 is 2.10 bits per heavy atom. The predicted molar refractivity (Wildman–Crippen MR) is 80.2 cm³/mol. The van der Waals surface area contributed by atoms with E-state index in [1.54, 1.807) is 13.4 Å². The van der Waals surface area contributed by atoms with Gasteiger partial charge in [-0.3, -0.25) is 0 Å². The first kappa shape index (κ1) is 14.3. The van der Waals surface area contributed by atoms with E-state index in [1.165, 1.54) is 5.56 Å². The SMILES string of the molecule is COC1(CNC(c2ccccc2)c2ccco2)CCOC1. The molecule has 4 nitrogen and oxygen atoms in total. The van der Waals surface area contributed by atoms with Gasteiger partial charge in [-0.15, -0.1) is 0 Å². The second-order valence-electron chi connectivity index (χ2n) is 5.43. The number of rotatable bonds is 6. The van der Waals surface area contributed by atoms with Crippen molar-refractivity contribution in [3.05, 3.63) is 60.1 Å². The van der Waals surface area contributed by atoms with E-state index in [-0.39, 0.29) is 11.6 Å². The summed E-state index contributed by atoms with van der Waals surface area (Å²) >= 11 is 0. The number of hydrogen-bond acceptors (Lipinski definition) is 4. The van der Waals surface area contributed by atoms with Crippen molar-refractivity contribution in [3.63, 3.8) is 0 Å². The maximum atomic E-state index is 5.68. The van der Waals surface area contributed by atoms with Crippen molar-refractivity contribution in [2.75, 3.05) is 26.9 Å². The largest absolute Gasteiger partial charge is 0.467 e. The number of hydrogen-bond donors (Lipinski definition) is 1. The fourth-order valence-electron chi connectivity index (χ4n) is 2.73. The van der Waals surface area contributed by atoms with Gasteiger partial charge in [0.25, 0.3) is 0 Å². The third-order valence-electron chi connectivity index (χ3n) is 4.09. The van der Waals surface area contributed by atoms with Crippen molar-refractivity contribution >= 4 is 0 Å². The lowest BCUT2D eigenvalue weighted by molar-refractivity contribution is -0.0171. The Labute approximate surface area is 125 Å². The number of furan rings is 1. The van der Waals surface area contributed by atoms with Gasteiger partial charge in [-0.25, -0.2) is 0 Å². The van der Waals surface area contributed by atoms with Crippen LogP contribution in [0.2, 0.25) is 0 Å². The average molecular weight is 287 g/mol. The topological polar surface area (TPSA) is 43.6 Å². The molecular weight excluding hydrogens is 266 g/mol. The lowest BCUT2D eigenvalue weighted by Crippen LogP contribution is -2.44. The average Bonchev–Trinajstić information content (AvgIpc) is 3.21. The Balaban J connectivity index is 1.77. The van der Waals surface area contributed by atoms with Gasteiger partial charge in [0.05, 0.1) is 18.9 Å². The molecule has 0 spiro atoms. The molecule has 4 heteroatoms. The molecule has 2 unspecified atom stereocenters. The quantitative estimate of drug-likeness (QED) is 0.887. The van der Waals surface area contributed by atoms with E-state index < -0.39 is 0 Å². The molecule has 1 aromatic carbocycles. The first-order chi connectivity index (χ1) is 10.3. The van der Waals surface area contributed by atoms with E-state index in [2.05, 4.69) is 17.4 Å². The molecule has 1 N–H and O–H groups in total. The molecule has 112 valence electrons. The standard InChI is InChI=1S/C17H21NO3/c1-19-17(9-11-20-13-17)12-18-16(15-8-5-10-21-15)14-6-3-2-4-7-14/h2-8,10,16,18H,9,11-13H2,1H3. The van der Waals surface area contributed by atoms with Crippen LogP contribution >= 0.6 is 0 Å². The summed E-state index contributed by atoms with van der Waals surface area (Å²) in [6.45, 7) is 2.12. The fourth-order valence-corrected chi connectivity index (χ4v) is 2.73. The van der Waals surface area contributed by atoms with E-state index in [0.29, 0.717) is 6.61 Å². The van der Waals surface area contributed by atoms with Crippen LogP contribution in [-0.2, 0) is 9.47 Å². The van der Waals surface area contributed by atoms with Gasteiger partial charge < -0.3 is 19.2 Å².